The van der Waals surface area contributed by atoms with Gasteiger partial charge in [-0.05, 0) is 97.4 Å². The van der Waals surface area contributed by atoms with Crippen LogP contribution in [0, 0.1) is 34.9 Å². The van der Waals surface area contributed by atoms with Crippen molar-refractivity contribution in [2.45, 2.75) is 64.2 Å². The quantitative estimate of drug-likeness (QED) is 0.420. The molecule has 2 saturated carbocycles. The number of ether oxygens (including phenoxy) is 3. The van der Waals surface area contributed by atoms with Crippen LogP contribution in [0.2, 0.25) is 0 Å². The normalized spacial score (nSPS) is 29.2. The van der Waals surface area contributed by atoms with Gasteiger partial charge in [-0.2, -0.15) is 0 Å². The van der Waals surface area contributed by atoms with E-state index in [2.05, 4.69) is 10.2 Å². The lowest BCUT2D eigenvalue weighted by Gasteiger charge is -2.58. The summed E-state index contributed by atoms with van der Waals surface area (Å²) in [7, 11) is 3.48. The molecule has 2 aromatic carbocycles. The highest BCUT2D eigenvalue weighted by atomic mass is 19.1. The number of urea groups is 1. The molecule has 2 saturated heterocycles. The molecular formula is C35H46FN3O5. The van der Waals surface area contributed by atoms with Gasteiger partial charge in [0.25, 0.3) is 0 Å². The molecule has 6 atom stereocenters. The van der Waals surface area contributed by atoms with Crippen LogP contribution in [0.25, 0.3) is 0 Å². The monoisotopic (exact) mass is 607 g/mol. The molecule has 1 N–H and O–H groups in total. The van der Waals surface area contributed by atoms with Crippen molar-refractivity contribution >= 4 is 17.6 Å². The van der Waals surface area contributed by atoms with E-state index in [1.807, 2.05) is 36.3 Å². The van der Waals surface area contributed by atoms with E-state index < -0.39 is 5.82 Å². The number of likely N-dealkylation sites (tertiary alicyclic amines) is 2. The molecule has 0 aromatic heterocycles. The van der Waals surface area contributed by atoms with Gasteiger partial charge in [-0.15, -0.1) is 0 Å². The molecule has 1 spiro atoms. The molecule has 2 aliphatic heterocycles. The van der Waals surface area contributed by atoms with Crippen molar-refractivity contribution in [2.75, 3.05) is 45.8 Å². The van der Waals surface area contributed by atoms with Crippen molar-refractivity contribution < 1.29 is 28.2 Å². The van der Waals surface area contributed by atoms with Crippen LogP contribution < -0.4 is 10.1 Å². The Morgan fingerprint density at radius 2 is 1.75 bits per heavy atom. The predicted molar refractivity (Wildman–Crippen MR) is 166 cm³/mol. The fourth-order valence-electron chi connectivity index (χ4n) is 9.09. The fraction of sp³-hybridized carbons (Fsp3) is 0.600. The smallest absolute Gasteiger partial charge is 0.321 e. The number of carbonyl (C=O) groups is 2. The number of hydrogen-bond acceptors (Lipinski definition) is 5. The van der Waals surface area contributed by atoms with Gasteiger partial charge in [0.2, 0.25) is 5.91 Å². The van der Waals surface area contributed by atoms with Gasteiger partial charge < -0.3 is 29.3 Å². The maximum Gasteiger partial charge on any atom is 0.321 e. The molecule has 2 heterocycles. The third-order valence-corrected chi connectivity index (χ3v) is 11.2. The lowest BCUT2D eigenvalue weighted by molar-refractivity contribution is -0.153. The van der Waals surface area contributed by atoms with Gasteiger partial charge in [0.1, 0.15) is 11.6 Å². The summed E-state index contributed by atoms with van der Waals surface area (Å²) in [4.78, 5) is 30.3. The van der Waals surface area contributed by atoms with Gasteiger partial charge in [-0.1, -0.05) is 24.3 Å². The van der Waals surface area contributed by atoms with Crippen LogP contribution in [0.5, 0.6) is 5.75 Å². The molecule has 4 fully saturated rings. The Labute approximate surface area is 260 Å². The molecule has 5 unspecified atom stereocenters. The Hall–Kier alpha value is -3.17. The van der Waals surface area contributed by atoms with Gasteiger partial charge in [0.15, 0.2) is 0 Å². The van der Waals surface area contributed by atoms with E-state index in [1.54, 1.807) is 32.2 Å². The Balaban J connectivity index is 1.20. The number of rotatable bonds is 7. The summed E-state index contributed by atoms with van der Waals surface area (Å²) in [5.74, 6) is 2.42. The number of nitrogens with one attached hydrogen (secondary N) is 1. The van der Waals surface area contributed by atoms with Crippen molar-refractivity contribution in [3.05, 3.63) is 59.9 Å². The number of piperidine rings is 2. The van der Waals surface area contributed by atoms with E-state index in [0.717, 1.165) is 49.8 Å². The van der Waals surface area contributed by atoms with Crippen LogP contribution >= 0.6 is 0 Å². The summed E-state index contributed by atoms with van der Waals surface area (Å²) in [6.45, 7) is 4.55. The Bertz CT molecular complexity index is 1310. The summed E-state index contributed by atoms with van der Waals surface area (Å²) >= 11 is 0. The molecule has 2 aliphatic carbocycles. The van der Waals surface area contributed by atoms with E-state index in [9.17, 15) is 14.0 Å². The number of fused-ring (bicyclic) bond motifs is 4. The zero-order valence-corrected chi connectivity index (χ0v) is 26.2. The van der Waals surface area contributed by atoms with Crippen LogP contribution in [0.3, 0.4) is 0 Å². The van der Waals surface area contributed by atoms with Gasteiger partial charge in [-0.25, -0.2) is 9.18 Å². The number of benzene rings is 2. The first-order valence-electron chi connectivity index (χ1n) is 16.1. The second-order valence-electron chi connectivity index (χ2n) is 13.4. The van der Waals surface area contributed by atoms with Crippen molar-refractivity contribution in [3.8, 4) is 5.75 Å². The molecule has 44 heavy (non-hydrogen) atoms. The number of hydrogen-bond donors (Lipinski definition) is 1. The standard InChI is InChI=1S/C35H46FN3O5/c1-23(40)39-22-35(14-16-38(17-15-35)34(41)37-31-7-5-4-6-30(31)36)33-28-13-12-27(43-3)18-25(28)19-29(33)32(39)21-44-20-24-8-10-26(42-2)11-9-24/h4-11,25,27-29,32-33H,12-22H2,1-3H3,(H,37,41)/t25?,27?,28?,29?,32-,33?/m0/s1. The minimum Gasteiger partial charge on any atom is -0.497 e. The Kier molecular flexibility index (Phi) is 9.15. The fourth-order valence-corrected chi connectivity index (χ4v) is 9.09. The average molecular weight is 608 g/mol. The lowest BCUT2D eigenvalue weighted by Crippen LogP contribution is -2.63. The summed E-state index contributed by atoms with van der Waals surface area (Å²) in [5.41, 5.74) is 1.22. The van der Waals surface area contributed by atoms with Crippen LogP contribution in [0.15, 0.2) is 48.5 Å². The molecule has 0 bridgehead atoms. The topological polar surface area (TPSA) is 80.3 Å². The molecular weight excluding hydrogens is 561 g/mol. The van der Waals surface area contributed by atoms with Gasteiger partial charge in [0.05, 0.1) is 38.2 Å². The number of anilines is 1. The maximum absolute atomic E-state index is 14.2. The summed E-state index contributed by atoms with van der Waals surface area (Å²) in [6, 6.07) is 13.9. The first-order chi connectivity index (χ1) is 21.3. The number of nitrogens with zero attached hydrogens (tertiary/aromatic N) is 2. The zero-order chi connectivity index (χ0) is 30.8. The first kappa shape index (κ1) is 30.8. The summed E-state index contributed by atoms with van der Waals surface area (Å²) in [6.07, 6.45) is 6.32. The molecule has 9 heteroatoms. The van der Waals surface area contributed by atoms with Crippen molar-refractivity contribution in [2.24, 2.45) is 29.1 Å². The van der Waals surface area contributed by atoms with E-state index in [-0.39, 0.29) is 29.1 Å². The van der Waals surface area contributed by atoms with E-state index in [1.165, 1.54) is 6.07 Å². The first-order valence-corrected chi connectivity index (χ1v) is 16.1. The highest BCUT2D eigenvalue weighted by Gasteiger charge is 2.61. The van der Waals surface area contributed by atoms with Gasteiger partial charge in [0, 0.05) is 33.7 Å². The Morgan fingerprint density at radius 3 is 2.43 bits per heavy atom. The highest BCUT2D eigenvalue weighted by Crippen LogP contribution is 2.62. The molecule has 2 aromatic rings. The zero-order valence-electron chi connectivity index (χ0n) is 26.2. The number of methoxy groups -OCH3 is 2. The maximum atomic E-state index is 14.2. The summed E-state index contributed by atoms with van der Waals surface area (Å²) in [5, 5.41) is 2.76. The largest absolute Gasteiger partial charge is 0.497 e. The van der Waals surface area contributed by atoms with Crippen LogP contribution in [-0.4, -0.2) is 74.3 Å². The number of halogens is 1. The highest BCUT2D eigenvalue weighted by molar-refractivity contribution is 5.89. The molecule has 3 amide bonds. The molecule has 6 rings (SSSR count). The minimum absolute atomic E-state index is 0.0235. The molecule has 238 valence electrons. The Morgan fingerprint density at radius 1 is 1.00 bits per heavy atom. The van der Waals surface area contributed by atoms with Gasteiger partial charge in [-0.3, -0.25) is 4.79 Å². The third-order valence-electron chi connectivity index (χ3n) is 11.2. The number of amides is 3. The van der Waals surface area contributed by atoms with Gasteiger partial charge >= 0.3 is 6.03 Å². The SMILES string of the molecule is COc1ccc(COC[C@H]2C3CC4CC(OC)CCC4C3C3(CCN(C(=O)Nc4ccccc4F)CC3)CN2C(C)=O)cc1. The summed E-state index contributed by atoms with van der Waals surface area (Å²) < 4.78 is 31.7. The van der Waals surface area contributed by atoms with E-state index >= 15 is 0 Å². The van der Waals surface area contributed by atoms with E-state index in [0.29, 0.717) is 62.6 Å². The average Bonchev–Trinajstić information content (AvgIpc) is 3.43. The lowest BCUT2D eigenvalue weighted by atomic mass is 9.57. The minimum atomic E-state index is -0.439. The van der Waals surface area contributed by atoms with E-state index in [4.69, 9.17) is 14.2 Å². The second kappa shape index (κ2) is 13.1. The van der Waals surface area contributed by atoms with Crippen LogP contribution in [-0.2, 0) is 20.9 Å². The van der Waals surface area contributed by atoms with Crippen molar-refractivity contribution in [1.29, 1.82) is 0 Å². The van der Waals surface area contributed by atoms with Crippen molar-refractivity contribution in [3.63, 3.8) is 0 Å². The van der Waals surface area contributed by atoms with Crippen LogP contribution in [0.1, 0.15) is 51.0 Å². The van der Waals surface area contributed by atoms with Crippen molar-refractivity contribution in [1.82, 2.24) is 9.80 Å². The molecule has 0 radical (unpaired) electrons. The second-order valence-corrected chi connectivity index (χ2v) is 13.4. The number of para-hydroxylation sites is 1. The molecule has 8 nitrogen and oxygen atoms in total. The molecule has 4 aliphatic rings. The van der Waals surface area contributed by atoms with Crippen LogP contribution in [0.4, 0.5) is 14.9 Å². The third kappa shape index (κ3) is 6.05. The predicted octanol–water partition coefficient (Wildman–Crippen LogP) is 5.96. The number of carbonyl (C=O) groups excluding carboxylic acids is 2.